The predicted molar refractivity (Wildman–Crippen MR) is 99.4 cm³/mol. The second-order valence-electron chi connectivity index (χ2n) is 5.98. The Kier molecular flexibility index (Phi) is 6.70. The highest BCUT2D eigenvalue weighted by Crippen LogP contribution is 2.17. The van der Waals surface area contributed by atoms with Crippen molar-refractivity contribution in [1.82, 2.24) is 20.0 Å². The van der Waals surface area contributed by atoms with E-state index in [2.05, 4.69) is 10.4 Å². The standard InChI is InChI=1S/C18H25ClN4O2/c1-13-17(14(2)23(4)21-13)8-9-20-18(24)22(3)10-11-25-16-7-5-6-15(19)12-16/h5-7,12H,8-11H2,1-4H3,(H,20,24). The number of rotatable bonds is 7. The van der Waals surface area contributed by atoms with Gasteiger partial charge in [-0.1, -0.05) is 17.7 Å². The van der Waals surface area contributed by atoms with Gasteiger partial charge in [0.15, 0.2) is 0 Å². The van der Waals surface area contributed by atoms with Crippen LogP contribution in [0.3, 0.4) is 0 Å². The zero-order valence-corrected chi connectivity index (χ0v) is 15.9. The minimum Gasteiger partial charge on any atom is -0.492 e. The zero-order valence-electron chi connectivity index (χ0n) is 15.2. The van der Waals surface area contributed by atoms with Crippen LogP contribution in [0, 0.1) is 13.8 Å². The number of carbonyl (C=O) groups is 1. The molecule has 1 heterocycles. The highest BCUT2D eigenvalue weighted by atomic mass is 35.5. The number of likely N-dealkylation sites (N-methyl/N-ethyl adjacent to an activating group) is 1. The predicted octanol–water partition coefficient (Wildman–Crippen LogP) is 2.95. The first-order valence-electron chi connectivity index (χ1n) is 8.25. The van der Waals surface area contributed by atoms with Crippen LogP contribution < -0.4 is 10.1 Å². The van der Waals surface area contributed by atoms with Gasteiger partial charge < -0.3 is 15.0 Å². The third kappa shape index (κ3) is 5.39. The van der Waals surface area contributed by atoms with E-state index in [1.165, 1.54) is 5.56 Å². The summed E-state index contributed by atoms with van der Waals surface area (Å²) in [5, 5.41) is 7.94. The molecule has 2 rings (SSSR count). The lowest BCUT2D eigenvalue weighted by Crippen LogP contribution is -2.40. The van der Waals surface area contributed by atoms with Gasteiger partial charge in [0.05, 0.1) is 12.2 Å². The largest absolute Gasteiger partial charge is 0.492 e. The Balaban J connectivity index is 1.71. The second kappa shape index (κ2) is 8.76. The van der Waals surface area contributed by atoms with Crippen molar-refractivity contribution < 1.29 is 9.53 Å². The van der Waals surface area contributed by atoms with Crippen molar-refractivity contribution in [2.24, 2.45) is 7.05 Å². The molecule has 7 heteroatoms. The number of ether oxygens (including phenoxy) is 1. The lowest BCUT2D eigenvalue weighted by Gasteiger charge is -2.18. The van der Waals surface area contributed by atoms with Crippen LogP contribution in [-0.4, -0.2) is 47.5 Å². The third-order valence-electron chi connectivity index (χ3n) is 4.15. The summed E-state index contributed by atoms with van der Waals surface area (Å²) < 4.78 is 7.47. The highest BCUT2D eigenvalue weighted by molar-refractivity contribution is 6.30. The van der Waals surface area contributed by atoms with Crippen molar-refractivity contribution in [2.75, 3.05) is 26.7 Å². The molecule has 2 amide bonds. The van der Waals surface area contributed by atoms with E-state index in [0.717, 1.165) is 17.8 Å². The monoisotopic (exact) mass is 364 g/mol. The van der Waals surface area contributed by atoms with Crippen LogP contribution in [0.15, 0.2) is 24.3 Å². The molecule has 1 aromatic carbocycles. The summed E-state index contributed by atoms with van der Waals surface area (Å²) in [7, 11) is 3.68. The molecule has 1 aromatic heterocycles. The Morgan fingerprint density at radius 1 is 1.40 bits per heavy atom. The van der Waals surface area contributed by atoms with Crippen LogP contribution in [0.1, 0.15) is 17.0 Å². The van der Waals surface area contributed by atoms with Crippen LogP contribution in [0.25, 0.3) is 0 Å². The Bertz CT molecular complexity index is 730. The van der Waals surface area contributed by atoms with E-state index in [-0.39, 0.29) is 6.03 Å². The molecule has 0 bridgehead atoms. The Morgan fingerprint density at radius 2 is 2.16 bits per heavy atom. The van der Waals surface area contributed by atoms with E-state index < -0.39 is 0 Å². The topological polar surface area (TPSA) is 59.4 Å². The number of carbonyl (C=O) groups excluding carboxylic acids is 1. The minimum atomic E-state index is -0.117. The van der Waals surface area contributed by atoms with Crippen LogP contribution >= 0.6 is 11.6 Å². The first-order chi connectivity index (χ1) is 11.9. The maximum absolute atomic E-state index is 12.1. The Hall–Kier alpha value is -2.21. The molecule has 0 aliphatic heterocycles. The van der Waals surface area contributed by atoms with Crippen molar-refractivity contribution in [3.8, 4) is 5.75 Å². The molecule has 0 spiro atoms. The van der Waals surface area contributed by atoms with Crippen molar-refractivity contribution in [3.05, 3.63) is 46.2 Å². The fraction of sp³-hybridized carbons (Fsp3) is 0.444. The second-order valence-corrected chi connectivity index (χ2v) is 6.42. The van der Waals surface area contributed by atoms with E-state index in [9.17, 15) is 4.79 Å². The van der Waals surface area contributed by atoms with Gasteiger partial charge in [0.25, 0.3) is 0 Å². The van der Waals surface area contributed by atoms with Gasteiger partial charge in [0, 0.05) is 31.4 Å². The molecule has 0 unspecified atom stereocenters. The lowest BCUT2D eigenvalue weighted by atomic mass is 10.1. The van der Waals surface area contributed by atoms with Gasteiger partial charge in [0.1, 0.15) is 12.4 Å². The van der Waals surface area contributed by atoms with E-state index >= 15 is 0 Å². The van der Waals surface area contributed by atoms with Gasteiger partial charge in [-0.3, -0.25) is 4.68 Å². The molecule has 0 aliphatic rings. The molecule has 0 atom stereocenters. The third-order valence-corrected chi connectivity index (χ3v) is 4.38. The average molecular weight is 365 g/mol. The number of urea groups is 1. The van der Waals surface area contributed by atoms with Gasteiger partial charge in [0.2, 0.25) is 0 Å². The van der Waals surface area contributed by atoms with E-state index in [1.807, 2.05) is 37.7 Å². The summed E-state index contributed by atoms with van der Waals surface area (Å²) >= 11 is 5.91. The number of aromatic nitrogens is 2. The fourth-order valence-corrected chi connectivity index (χ4v) is 2.75. The minimum absolute atomic E-state index is 0.117. The molecule has 136 valence electrons. The number of amides is 2. The lowest BCUT2D eigenvalue weighted by molar-refractivity contribution is 0.195. The van der Waals surface area contributed by atoms with Gasteiger partial charge in [-0.15, -0.1) is 0 Å². The fourth-order valence-electron chi connectivity index (χ4n) is 2.57. The van der Waals surface area contributed by atoms with Crippen LogP contribution in [0.2, 0.25) is 5.02 Å². The molecular weight excluding hydrogens is 340 g/mol. The van der Waals surface area contributed by atoms with Crippen LogP contribution in [0.4, 0.5) is 4.79 Å². The summed E-state index contributed by atoms with van der Waals surface area (Å²) in [6.45, 7) is 5.50. The maximum Gasteiger partial charge on any atom is 0.317 e. The van der Waals surface area contributed by atoms with Gasteiger partial charge in [-0.05, 0) is 44.0 Å². The summed E-state index contributed by atoms with van der Waals surface area (Å²) in [5.41, 5.74) is 3.34. The molecule has 1 N–H and O–H groups in total. The number of halogens is 1. The molecule has 0 saturated heterocycles. The zero-order chi connectivity index (χ0) is 18.4. The average Bonchev–Trinajstić information content (AvgIpc) is 2.80. The first kappa shape index (κ1) is 19.1. The summed E-state index contributed by atoms with van der Waals surface area (Å²) in [6.07, 6.45) is 0.768. The normalized spacial score (nSPS) is 10.6. The number of nitrogens with one attached hydrogen (secondary N) is 1. The number of hydrogen-bond donors (Lipinski definition) is 1. The molecule has 0 saturated carbocycles. The van der Waals surface area contributed by atoms with Crippen LogP contribution in [0.5, 0.6) is 5.75 Å². The quantitative estimate of drug-likeness (QED) is 0.821. The molecule has 25 heavy (non-hydrogen) atoms. The number of nitrogens with zero attached hydrogens (tertiary/aromatic N) is 3. The maximum atomic E-state index is 12.1. The van der Waals surface area contributed by atoms with Crippen molar-refractivity contribution in [2.45, 2.75) is 20.3 Å². The first-order valence-corrected chi connectivity index (χ1v) is 8.62. The van der Waals surface area contributed by atoms with Gasteiger partial charge >= 0.3 is 6.03 Å². The van der Waals surface area contributed by atoms with Gasteiger partial charge in [-0.2, -0.15) is 5.10 Å². The van der Waals surface area contributed by atoms with E-state index in [4.69, 9.17) is 16.3 Å². The highest BCUT2D eigenvalue weighted by Gasteiger charge is 2.11. The molecule has 0 aliphatic carbocycles. The smallest absolute Gasteiger partial charge is 0.317 e. The molecule has 0 radical (unpaired) electrons. The SMILES string of the molecule is Cc1nn(C)c(C)c1CCNC(=O)N(C)CCOc1cccc(Cl)c1. The molecular formula is C18H25ClN4O2. The van der Waals surface area contributed by atoms with Crippen molar-refractivity contribution >= 4 is 17.6 Å². The molecule has 2 aromatic rings. The Labute approximate surface area is 153 Å². The summed E-state index contributed by atoms with van der Waals surface area (Å²) in [6, 6.07) is 7.09. The number of benzene rings is 1. The summed E-state index contributed by atoms with van der Waals surface area (Å²) in [5.74, 6) is 0.698. The molecule has 0 fully saturated rings. The van der Waals surface area contributed by atoms with Crippen molar-refractivity contribution in [3.63, 3.8) is 0 Å². The van der Waals surface area contributed by atoms with E-state index in [0.29, 0.717) is 30.5 Å². The summed E-state index contributed by atoms with van der Waals surface area (Å²) in [4.78, 5) is 13.7. The number of hydrogen-bond acceptors (Lipinski definition) is 3. The Morgan fingerprint density at radius 3 is 2.80 bits per heavy atom. The van der Waals surface area contributed by atoms with E-state index in [1.54, 1.807) is 24.1 Å². The number of aryl methyl sites for hydroxylation is 2. The van der Waals surface area contributed by atoms with Crippen molar-refractivity contribution in [1.29, 1.82) is 0 Å². The van der Waals surface area contributed by atoms with Crippen LogP contribution in [-0.2, 0) is 13.5 Å². The van der Waals surface area contributed by atoms with Gasteiger partial charge in [-0.25, -0.2) is 4.79 Å². The molecule has 6 nitrogen and oxygen atoms in total.